The minimum Gasteiger partial charge on any atom is -0.511 e. The van der Waals surface area contributed by atoms with E-state index in [0.717, 1.165) is 45.5 Å². The Bertz CT molecular complexity index is 1900. The lowest BCUT2D eigenvalue weighted by molar-refractivity contribution is -0.597. The van der Waals surface area contributed by atoms with Crippen LogP contribution in [0.25, 0.3) is 32.3 Å². The van der Waals surface area contributed by atoms with Gasteiger partial charge in [-0.15, -0.1) is 0 Å². The SMILES string of the molecule is CCCCCCCCCCCCC(O)COc1ccc([I+]c2ccccc2)cc1.OB(O)Oc1cccc2ccc3cc4ccccc4cc3c12. The maximum Gasteiger partial charge on any atom is 0.707 e. The first kappa shape index (κ1) is 38.6. The van der Waals surface area contributed by atoms with E-state index in [1.807, 2.05) is 42.5 Å². The molecule has 0 spiro atoms. The molecule has 3 N–H and O–H groups in total. The molecule has 0 aromatic heterocycles. The molecule has 0 aliphatic rings. The van der Waals surface area contributed by atoms with Crippen LogP contribution in [0, 0.1) is 7.14 Å². The number of hydrogen-bond donors (Lipinski definition) is 3. The molecule has 0 bridgehead atoms. The molecule has 0 saturated carbocycles. The molecule has 0 fully saturated rings. The highest BCUT2D eigenvalue weighted by Gasteiger charge is 2.16. The Hall–Kier alpha value is -3.63. The van der Waals surface area contributed by atoms with E-state index < -0.39 is 7.32 Å². The fraction of sp³-hybridized carbons (Fsp3) is 0.318. The average molecular weight is 798 g/mol. The molecule has 0 amide bonds. The van der Waals surface area contributed by atoms with Crippen LogP contribution in [0.2, 0.25) is 0 Å². The second-order valence-corrected chi connectivity index (χ2v) is 16.1. The minimum absolute atomic E-state index is 0.131. The normalized spacial score (nSPS) is 11.7. The van der Waals surface area contributed by atoms with Crippen molar-refractivity contribution in [1.29, 1.82) is 0 Å². The smallest absolute Gasteiger partial charge is 0.511 e. The van der Waals surface area contributed by atoms with Crippen LogP contribution in [-0.4, -0.2) is 35.2 Å². The summed E-state index contributed by atoms with van der Waals surface area (Å²) in [5.41, 5.74) is 0. The molecule has 0 aliphatic heterocycles. The van der Waals surface area contributed by atoms with Crippen LogP contribution >= 0.6 is 0 Å². The van der Waals surface area contributed by atoms with Gasteiger partial charge < -0.3 is 24.5 Å². The molecule has 5 nitrogen and oxygen atoms in total. The van der Waals surface area contributed by atoms with Gasteiger partial charge in [0, 0.05) is 5.39 Å². The summed E-state index contributed by atoms with van der Waals surface area (Å²) in [6, 6.07) is 41.1. The molecule has 6 aromatic carbocycles. The zero-order valence-corrected chi connectivity index (χ0v) is 31.9. The fourth-order valence-corrected chi connectivity index (χ4v) is 8.53. The van der Waals surface area contributed by atoms with Gasteiger partial charge >= 0.3 is 28.5 Å². The number of hydrogen-bond acceptors (Lipinski definition) is 5. The van der Waals surface area contributed by atoms with Gasteiger partial charge in [0.25, 0.3) is 0 Å². The van der Waals surface area contributed by atoms with Crippen LogP contribution in [0.15, 0.2) is 121 Å². The summed E-state index contributed by atoms with van der Waals surface area (Å²) in [6.07, 6.45) is 13.7. The summed E-state index contributed by atoms with van der Waals surface area (Å²) in [7, 11) is -1.83. The van der Waals surface area contributed by atoms with E-state index in [1.165, 1.54) is 70.3 Å². The van der Waals surface area contributed by atoms with Crippen LogP contribution < -0.4 is 30.6 Å². The third-order valence-electron chi connectivity index (χ3n) is 9.02. The number of halogens is 1. The third kappa shape index (κ3) is 12.5. The van der Waals surface area contributed by atoms with Crippen LogP contribution in [0.3, 0.4) is 0 Å². The molecule has 266 valence electrons. The van der Waals surface area contributed by atoms with Crippen molar-refractivity contribution in [2.24, 2.45) is 0 Å². The lowest BCUT2D eigenvalue weighted by Gasteiger charge is -2.12. The summed E-state index contributed by atoms with van der Waals surface area (Å²) in [5, 5.41) is 34.8. The zero-order chi connectivity index (χ0) is 35.7. The summed E-state index contributed by atoms with van der Waals surface area (Å²) in [6.45, 7) is 2.66. The summed E-state index contributed by atoms with van der Waals surface area (Å²) >= 11 is -0.131. The van der Waals surface area contributed by atoms with Gasteiger partial charge in [-0.2, -0.15) is 0 Å². The van der Waals surface area contributed by atoms with Crippen molar-refractivity contribution in [2.75, 3.05) is 6.61 Å². The maximum atomic E-state index is 10.2. The molecule has 1 atom stereocenters. The highest BCUT2D eigenvalue weighted by molar-refractivity contribution is 6.34. The largest absolute Gasteiger partial charge is 0.707 e. The average Bonchev–Trinajstić information content (AvgIpc) is 3.15. The molecule has 7 heteroatoms. The predicted octanol–water partition coefficient (Wildman–Crippen LogP) is 7.36. The molecule has 0 saturated heterocycles. The van der Waals surface area contributed by atoms with Crippen molar-refractivity contribution in [2.45, 2.75) is 83.7 Å². The van der Waals surface area contributed by atoms with E-state index in [9.17, 15) is 5.11 Å². The Morgan fingerprint density at radius 2 is 1.18 bits per heavy atom. The Balaban J connectivity index is 0.000000204. The van der Waals surface area contributed by atoms with Gasteiger partial charge in [-0.3, -0.25) is 0 Å². The van der Waals surface area contributed by atoms with Gasteiger partial charge in [-0.1, -0.05) is 138 Å². The topological polar surface area (TPSA) is 79.2 Å². The first-order valence-corrected chi connectivity index (χ1v) is 20.6. The molecular formula is C44H51BIO5+. The first-order valence-electron chi connectivity index (χ1n) is 18.5. The van der Waals surface area contributed by atoms with Gasteiger partial charge in [0.2, 0.25) is 0 Å². The number of aliphatic hydroxyl groups excluding tert-OH is 1. The van der Waals surface area contributed by atoms with Gasteiger partial charge in [-0.05, 0) is 87.9 Å². The van der Waals surface area contributed by atoms with Crippen molar-refractivity contribution in [3.05, 3.63) is 128 Å². The molecule has 1 unspecified atom stereocenters. The maximum absolute atomic E-state index is 10.2. The van der Waals surface area contributed by atoms with E-state index >= 15 is 0 Å². The standard InChI is InChI=1S/C26H38IO2.C18H13BO3/c1-2-3-4-5-6-7-8-9-10-14-17-25(28)22-29-26-20-18-24(19-21-26)27-23-15-12-11-13-16-23;20-19(21)22-17-7-3-6-12-8-9-15-10-13-4-1-2-5-14(13)11-16(15)18(12)17/h11-13,15-16,18-21,25,28H,2-10,14,17,22H2,1H3;1-11,20-21H/q+1;. The summed E-state index contributed by atoms with van der Waals surface area (Å²) < 4.78 is 13.7. The number of unbranched alkanes of at least 4 members (excludes halogenated alkanes) is 9. The summed E-state index contributed by atoms with van der Waals surface area (Å²) in [5.74, 6) is 1.32. The van der Waals surface area contributed by atoms with Crippen LogP contribution in [0.5, 0.6) is 11.5 Å². The lowest BCUT2D eigenvalue weighted by atomic mass is 9.97. The van der Waals surface area contributed by atoms with E-state index in [-0.39, 0.29) is 27.3 Å². The fourth-order valence-electron chi connectivity index (χ4n) is 6.32. The van der Waals surface area contributed by atoms with E-state index in [0.29, 0.717) is 12.4 Å². The van der Waals surface area contributed by atoms with Crippen LogP contribution in [0.1, 0.15) is 77.6 Å². The van der Waals surface area contributed by atoms with Crippen LogP contribution in [-0.2, 0) is 0 Å². The predicted molar refractivity (Wildman–Crippen MR) is 208 cm³/mol. The number of fused-ring (bicyclic) bond motifs is 4. The van der Waals surface area contributed by atoms with Gasteiger partial charge in [0.15, 0.2) is 7.14 Å². The number of benzene rings is 6. The Kier molecular flexibility index (Phi) is 15.9. The summed E-state index contributed by atoms with van der Waals surface area (Å²) in [4.78, 5) is 0. The van der Waals surface area contributed by atoms with Crippen molar-refractivity contribution >= 4 is 39.6 Å². The Labute approximate surface area is 314 Å². The Morgan fingerprint density at radius 3 is 1.86 bits per heavy atom. The third-order valence-corrected chi connectivity index (χ3v) is 11.7. The number of aliphatic hydroxyl groups is 1. The number of rotatable bonds is 18. The first-order chi connectivity index (χ1) is 25.0. The zero-order valence-electron chi connectivity index (χ0n) is 29.7. The van der Waals surface area contributed by atoms with Crippen molar-refractivity contribution < 1.29 is 45.8 Å². The highest BCUT2D eigenvalue weighted by atomic mass is 127. The monoisotopic (exact) mass is 797 g/mol. The van der Waals surface area contributed by atoms with Crippen LogP contribution in [0.4, 0.5) is 0 Å². The van der Waals surface area contributed by atoms with E-state index in [2.05, 4.69) is 79.7 Å². The Morgan fingerprint density at radius 1 is 0.588 bits per heavy atom. The molecule has 0 radical (unpaired) electrons. The van der Waals surface area contributed by atoms with Crippen molar-refractivity contribution in [3.63, 3.8) is 0 Å². The highest BCUT2D eigenvalue weighted by Crippen LogP contribution is 2.35. The van der Waals surface area contributed by atoms with Gasteiger partial charge in [0.1, 0.15) is 18.1 Å². The number of ether oxygens (including phenoxy) is 1. The molecule has 0 heterocycles. The minimum atomic E-state index is -1.83. The van der Waals surface area contributed by atoms with Crippen molar-refractivity contribution in [1.82, 2.24) is 0 Å². The molecule has 51 heavy (non-hydrogen) atoms. The molecule has 6 rings (SSSR count). The van der Waals surface area contributed by atoms with E-state index in [1.54, 1.807) is 6.07 Å². The molecular weight excluding hydrogens is 746 g/mol. The van der Waals surface area contributed by atoms with Crippen molar-refractivity contribution in [3.8, 4) is 11.5 Å². The van der Waals surface area contributed by atoms with Gasteiger partial charge in [-0.25, -0.2) is 0 Å². The van der Waals surface area contributed by atoms with E-state index in [4.69, 9.17) is 19.4 Å². The quantitative estimate of drug-likeness (QED) is 0.0279. The van der Waals surface area contributed by atoms with Gasteiger partial charge in [0.05, 0.1) is 6.10 Å². The molecule has 6 aromatic rings. The second kappa shape index (κ2) is 21.0. The molecule has 0 aliphatic carbocycles. The lowest BCUT2D eigenvalue weighted by Crippen LogP contribution is -3.61. The second-order valence-electron chi connectivity index (χ2n) is 13.1.